The van der Waals surface area contributed by atoms with E-state index in [-0.39, 0.29) is 18.4 Å². The molecular weight excluding hydrogens is 392 g/mol. The van der Waals surface area contributed by atoms with Gasteiger partial charge >= 0.3 is 0 Å². The van der Waals surface area contributed by atoms with Gasteiger partial charge in [0.25, 0.3) is 11.8 Å². The van der Waals surface area contributed by atoms with E-state index in [0.29, 0.717) is 17.0 Å². The molecule has 0 bridgehead atoms. The predicted octanol–water partition coefficient (Wildman–Crippen LogP) is 3.93. The third-order valence-electron chi connectivity index (χ3n) is 5.00. The van der Waals surface area contributed by atoms with E-state index in [1.807, 2.05) is 54.6 Å². The van der Waals surface area contributed by atoms with Crippen molar-refractivity contribution in [3.8, 4) is 17.0 Å². The number of para-hydroxylation sites is 1. The number of carbonyl (C=O) groups excluding carboxylic acids is 2. The zero-order valence-electron chi connectivity index (χ0n) is 16.4. The summed E-state index contributed by atoms with van der Waals surface area (Å²) in [7, 11) is 0. The Bertz CT molecular complexity index is 1310. The summed E-state index contributed by atoms with van der Waals surface area (Å²) >= 11 is 0. The SMILES string of the molecule is O=C(COc1ccccc1)Nc1cc2c3c(c(-c4ccccc4)[nH]c3c1)C=NNC2=O. The van der Waals surface area contributed by atoms with Crippen LogP contribution in [-0.4, -0.2) is 29.6 Å². The lowest BCUT2D eigenvalue weighted by atomic mass is 10.0. The summed E-state index contributed by atoms with van der Waals surface area (Å²) in [5, 5.41) is 7.62. The van der Waals surface area contributed by atoms with Gasteiger partial charge in [0.15, 0.2) is 6.61 Å². The van der Waals surface area contributed by atoms with E-state index in [0.717, 1.165) is 27.7 Å². The molecule has 0 fully saturated rings. The van der Waals surface area contributed by atoms with E-state index in [1.165, 1.54) is 0 Å². The van der Waals surface area contributed by atoms with Gasteiger partial charge in [0.1, 0.15) is 5.75 Å². The van der Waals surface area contributed by atoms with Crippen LogP contribution in [0.3, 0.4) is 0 Å². The first-order valence-corrected chi connectivity index (χ1v) is 9.75. The minimum Gasteiger partial charge on any atom is -0.484 e. The normalized spacial score (nSPS) is 12.3. The zero-order valence-corrected chi connectivity index (χ0v) is 16.4. The maximum absolute atomic E-state index is 12.6. The molecule has 1 aliphatic heterocycles. The highest BCUT2D eigenvalue weighted by Crippen LogP contribution is 2.34. The number of H-pyrrole nitrogens is 1. The van der Waals surface area contributed by atoms with Gasteiger partial charge in [-0.15, -0.1) is 0 Å². The Morgan fingerprint density at radius 1 is 1.00 bits per heavy atom. The van der Waals surface area contributed by atoms with Crippen LogP contribution < -0.4 is 15.5 Å². The van der Waals surface area contributed by atoms with E-state index >= 15 is 0 Å². The van der Waals surface area contributed by atoms with Gasteiger partial charge in [-0.25, -0.2) is 5.43 Å². The van der Waals surface area contributed by atoms with Crippen molar-refractivity contribution in [2.24, 2.45) is 5.10 Å². The Labute approximate surface area is 177 Å². The van der Waals surface area contributed by atoms with Gasteiger partial charge in [0.05, 0.1) is 17.5 Å². The summed E-state index contributed by atoms with van der Waals surface area (Å²) in [6, 6.07) is 22.4. The van der Waals surface area contributed by atoms with Crippen molar-refractivity contribution in [3.05, 3.63) is 83.9 Å². The van der Waals surface area contributed by atoms with E-state index in [1.54, 1.807) is 24.4 Å². The standard InChI is InChI=1S/C24H18N4O3/c29-21(14-31-17-9-5-2-6-10-17)26-16-11-18-22-19(13-25-28-24(18)30)23(27-20(22)12-16)15-7-3-1-4-8-15/h1-13,27H,14H2,(H,26,29)(H,28,30). The minimum absolute atomic E-state index is 0.141. The molecule has 3 aromatic carbocycles. The fraction of sp³-hybridized carbons (Fsp3) is 0.0417. The molecule has 0 atom stereocenters. The molecule has 0 unspecified atom stereocenters. The average molecular weight is 410 g/mol. The molecule has 3 N–H and O–H groups in total. The fourth-order valence-electron chi connectivity index (χ4n) is 3.65. The summed E-state index contributed by atoms with van der Waals surface area (Å²) in [5.41, 5.74) is 6.83. The van der Waals surface area contributed by atoms with Crippen LogP contribution >= 0.6 is 0 Å². The summed E-state index contributed by atoms with van der Waals surface area (Å²) < 4.78 is 5.50. The molecule has 152 valence electrons. The molecule has 0 spiro atoms. The van der Waals surface area contributed by atoms with E-state index in [4.69, 9.17) is 4.74 Å². The number of nitrogens with zero attached hydrogens (tertiary/aromatic N) is 1. The lowest BCUT2D eigenvalue weighted by Crippen LogP contribution is -2.21. The van der Waals surface area contributed by atoms with Crippen molar-refractivity contribution in [3.63, 3.8) is 0 Å². The molecule has 5 rings (SSSR count). The summed E-state index contributed by atoms with van der Waals surface area (Å²) in [6.45, 7) is -0.141. The van der Waals surface area contributed by atoms with Crippen molar-refractivity contribution < 1.29 is 14.3 Å². The largest absolute Gasteiger partial charge is 0.484 e. The third kappa shape index (κ3) is 3.64. The molecule has 4 aromatic rings. The predicted molar refractivity (Wildman–Crippen MR) is 119 cm³/mol. The average Bonchev–Trinajstić information content (AvgIpc) is 3.08. The second-order valence-corrected chi connectivity index (χ2v) is 7.08. The quantitative estimate of drug-likeness (QED) is 0.465. The lowest BCUT2D eigenvalue weighted by Gasteiger charge is -2.09. The summed E-state index contributed by atoms with van der Waals surface area (Å²) in [5.74, 6) is -0.0521. The minimum atomic E-state index is -0.338. The highest BCUT2D eigenvalue weighted by atomic mass is 16.5. The molecule has 2 heterocycles. The number of aromatic nitrogens is 1. The Morgan fingerprint density at radius 3 is 2.52 bits per heavy atom. The first kappa shape index (κ1) is 18.6. The van der Waals surface area contributed by atoms with Crippen LogP contribution in [0.2, 0.25) is 0 Å². The summed E-state index contributed by atoms with van der Waals surface area (Å²) in [6.07, 6.45) is 1.64. The molecule has 31 heavy (non-hydrogen) atoms. The number of carbonyl (C=O) groups is 2. The van der Waals surface area contributed by atoms with Crippen LogP contribution in [0.5, 0.6) is 5.75 Å². The van der Waals surface area contributed by atoms with Crippen LogP contribution in [0.25, 0.3) is 22.2 Å². The van der Waals surface area contributed by atoms with Crippen molar-refractivity contribution >= 4 is 34.6 Å². The lowest BCUT2D eigenvalue weighted by molar-refractivity contribution is -0.118. The van der Waals surface area contributed by atoms with Crippen LogP contribution in [0.15, 0.2) is 77.9 Å². The number of aromatic amines is 1. The van der Waals surface area contributed by atoms with Crippen LogP contribution in [0.1, 0.15) is 15.9 Å². The second kappa shape index (κ2) is 7.79. The third-order valence-corrected chi connectivity index (χ3v) is 5.00. The molecule has 7 heteroatoms. The van der Waals surface area contributed by atoms with Gasteiger partial charge in [-0.2, -0.15) is 5.10 Å². The molecule has 1 aliphatic rings. The highest BCUT2D eigenvalue weighted by Gasteiger charge is 2.22. The van der Waals surface area contributed by atoms with Crippen LogP contribution in [0, 0.1) is 0 Å². The van der Waals surface area contributed by atoms with E-state index in [9.17, 15) is 9.59 Å². The highest BCUT2D eigenvalue weighted by molar-refractivity contribution is 6.18. The molecule has 0 radical (unpaired) electrons. The number of ether oxygens (including phenoxy) is 1. The number of hydrazone groups is 1. The van der Waals surface area contributed by atoms with Crippen molar-refractivity contribution in [1.29, 1.82) is 0 Å². The smallest absolute Gasteiger partial charge is 0.272 e. The Balaban J connectivity index is 1.49. The van der Waals surface area contributed by atoms with Gasteiger partial charge in [-0.1, -0.05) is 48.5 Å². The molecule has 0 aliphatic carbocycles. The van der Waals surface area contributed by atoms with Crippen LogP contribution in [-0.2, 0) is 4.79 Å². The maximum Gasteiger partial charge on any atom is 0.272 e. The van der Waals surface area contributed by atoms with Crippen molar-refractivity contribution in [2.45, 2.75) is 0 Å². The number of hydrogen-bond acceptors (Lipinski definition) is 4. The van der Waals surface area contributed by atoms with Crippen molar-refractivity contribution in [2.75, 3.05) is 11.9 Å². The molecule has 7 nitrogen and oxygen atoms in total. The molecule has 2 amide bonds. The number of rotatable bonds is 5. The topological polar surface area (TPSA) is 95.6 Å². The molecule has 0 saturated heterocycles. The van der Waals surface area contributed by atoms with Gasteiger partial charge in [-0.3, -0.25) is 9.59 Å². The number of nitrogens with one attached hydrogen (secondary N) is 3. The number of benzene rings is 3. The zero-order chi connectivity index (χ0) is 21.2. The van der Waals surface area contributed by atoms with Gasteiger partial charge < -0.3 is 15.0 Å². The molecular formula is C24H18N4O3. The van der Waals surface area contributed by atoms with Gasteiger partial charge in [0.2, 0.25) is 0 Å². The fourth-order valence-corrected chi connectivity index (χ4v) is 3.65. The van der Waals surface area contributed by atoms with Crippen molar-refractivity contribution in [1.82, 2.24) is 10.4 Å². The number of hydrogen-bond donors (Lipinski definition) is 3. The maximum atomic E-state index is 12.6. The first-order chi connectivity index (χ1) is 15.2. The molecule has 0 saturated carbocycles. The van der Waals surface area contributed by atoms with Gasteiger partial charge in [0, 0.05) is 22.2 Å². The summed E-state index contributed by atoms with van der Waals surface area (Å²) in [4.78, 5) is 28.4. The molecule has 1 aromatic heterocycles. The van der Waals surface area contributed by atoms with E-state index < -0.39 is 0 Å². The second-order valence-electron chi connectivity index (χ2n) is 7.08. The van der Waals surface area contributed by atoms with E-state index in [2.05, 4.69) is 20.8 Å². The van der Waals surface area contributed by atoms with Crippen LogP contribution in [0.4, 0.5) is 5.69 Å². The Kier molecular flexibility index (Phi) is 4.68. The monoisotopic (exact) mass is 410 g/mol. The Hall–Kier alpha value is -4.39. The first-order valence-electron chi connectivity index (χ1n) is 9.75. The number of amides is 2. The van der Waals surface area contributed by atoms with Gasteiger partial charge in [-0.05, 0) is 29.8 Å². The Morgan fingerprint density at radius 2 is 1.74 bits per heavy atom. The number of anilines is 1.